The number of carbonyl (C=O) groups excluding carboxylic acids is 2. The van der Waals surface area contributed by atoms with E-state index in [-0.39, 0.29) is 31.1 Å². The number of hydrogen-bond acceptors (Lipinski definition) is 3. The van der Waals surface area contributed by atoms with Gasteiger partial charge in [-0.3, -0.25) is 14.5 Å². The van der Waals surface area contributed by atoms with Gasteiger partial charge in [-0.2, -0.15) is 13.2 Å². The highest BCUT2D eigenvalue weighted by atomic mass is 35.5. The van der Waals surface area contributed by atoms with Gasteiger partial charge in [0.15, 0.2) is 0 Å². The Morgan fingerprint density at radius 3 is 2.37 bits per heavy atom. The van der Waals surface area contributed by atoms with E-state index >= 15 is 0 Å². The van der Waals surface area contributed by atoms with Crippen molar-refractivity contribution in [3.05, 3.63) is 63.9 Å². The van der Waals surface area contributed by atoms with E-state index in [1.54, 1.807) is 19.1 Å². The molecule has 10 heteroatoms. The summed E-state index contributed by atoms with van der Waals surface area (Å²) in [5.74, 6) is -1.36. The van der Waals surface area contributed by atoms with Crippen molar-refractivity contribution in [2.75, 3.05) is 25.5 Å². The van der Waals surface area contributed by atoms with E-state index in [1.165, 1.54) is 24.1 Å². The number of likely N-dealkylation sites (N-methyl/N-ethyl adjacent to an activating group) is 1. The number of rotatable bonds is 7. The molecule has 0 aliphatic heterocycles. The standard InChI is InChI=1S/C20H20ClF4N3O2/c1-12-3-4-13(7-17(12)22)9-26-18(29)10-28(2)11-19(30)27-14-5-6-16(21)15(8-14)20(23,24)25/h3-8H,9-11H2,1-2H3,(H,26,29)(H,27,30). The molecule has 0 saturated heterocycles. The molecule has 0 aliphatic carbocycles. The third-order valence-corrected chi connectivity index (χ3v) is 4.44. The van der Waals surface area contributed by atoms with Crippen LogP contribution in [0.25, 0.3) is 0 Å². The van der Waals surface area contributed by atoms with Gasteiger partial charge in [0, 0.05) is 12.2 Å². The maximum atomic E-state index is 13.5. The van der Waals surface area contributed by atoms with Crippen LogP contribution in [0.1, 0.15) is 16.7 Å². The van der Waals surface area contributed by atoms with Crippen molar-refractivity contribution in [3.8, 4) is 0 Å². The molecule has 2 aromatic rings. The fourth-order valence-electron chi connectivity index (χ4n) is 2.57. The van der Waals surface area contributed by atoms with Gasteiger partial charge in [0.05, 0.1) is 23.7 Å². The maximum Gasteiger partial charge on any atom is 0.417 e. The van der Waals surface area contributed by atoms with Gasteiger partial charge < -0.3 is 10.6 Å². The Bertz CT molecular complexity index is 935. The van der Waals surface area contributed by atoms with Crippen molar-refractivity contribution >= 4 is 29.1 Å². The van der Waals surface area contributed by atoms with Gasteiger partial charge in [0.2, 0.25) is 11.8 Å². The molecule has 0 aromatic heterocycles. The van der Waals surface area contributed by atoms with Gasteiger partial charge in [-0.25, -0.2) is 4.39 Å². The van der Waals surface area contributed by atoms with Gasteiger partial charge in [0.1, 0.15) is 5.82 Å². The lowest BCUT2D eigenvalue weighted by Gasteiger charge is -2.17. The lowest BCUT2D eigenvalue weighted by atomic mass is 10.1. The van der Waals surface area contributed by atoms with Crippen LogP contribution in [0.3, 0.4) is 0 Å². The molecule has 0 aliphatic rings. The lowest BCUT2D eigenvalue weighted by molar-refractivity contribution is -0.137. The number of carbonyl (C=O) groups is 2. The third-order valence-electron chi connectivity index (χ3n) is 4.11. The number of benzene rings is 2. The van der Waals surface area contributed by atoms with E-state index < -0.39 is 28.6 Å². The highest BCUT2D eigenvalue weighted by molar-refractivity contribution is 6.31. The van der Waals surface area contributed by atoms with Crippen LogP contribution in [0.15, 0.2) is 36.4 Å². The minimum Gasteiger partial charge on any atom is -0.351 e. The largest absolute Gasteiger partial charge is 0.417 e. The lowest BCUT2D eigenvalue weighted by Crippen LogP contribution is -2.38. The predicted molar refractivity (Wildman–Crippen MR) is 106 cm³/mol. The molecule has 5 nitrogen and oxygen atoms in total. The molecule has 2 N–H and O–H groups in total. The Balaban J connectivity index is 1.84. The molecule has 30 heavy (non-hydrogen) atoms. The molecule has 2 amide bonds. The molecule has 0 fully saturated rings. The Morgan fingerprint density at radius 2 is 1.73 bits per heavy atom. The average molecular weight is 446 g/mol. The van der Waals surface area contributed by atoms with Crippen molar-refractivity contribution in [1.82, 2.24) is 10.2 Å². The van der Waals surface area contributed by atoms with Crippen LogP contribution in [0, 0.1) is 12.7 Å². The van der Waals surface area contributed by atoms with E-state index in [1.807, 2.05) is 0 Å². The van der Waals surface area contributed by atoms with Crippen molar-refractivity contribution in [1.29, 1.82) is 0 Å². The predicted octanol–water partition coefficient (Wildman–Crippen LogP) is 3.99. The molecular weight excluding hydrogens is 426 g/mol. The van der Waals surface area contributed by atoms with E-state index in [4.69, 9.17) is 11.6 Å². The molecule has 0 spiro atoms. The first-order valence-corrected chi connectivity index (χ1v) is 9.20. The van der Waals surface area contributed by atoms with Crippen LogP contribution in [0.5, 0.6) is 0 Å². The van der Waals surface area contributed by atoms with E-state index in [9.17, 15) is 27.2 Å². The summed E-state index contributed by atoms with van der Waals surface area (Å²) in [6, 6.07) is 7.67. The highest BCUT2D eigenvalue weighted by Gasteiger charge is 2.33. The minimum absolute atomic E-state index is 0.0593. The Labute approximate surface area is 176 Å². The molecular formula is C20H20ClF4N3O2. The fraction of sp³-hybridized carbons (Fsp3) is 0.300. The highest BCUT2D eigenvalue weighted by Crippen LogP contribution is 2.36. The minimum atomic E-state index is -4.65. The number of anilines is 1. The molecule has 0 atom stereocenters. The van der Waals surface area contributed by atoms with Crippen molar-refractivity contribution in [3.63, 3.8) is 0 Å². The number of nitrogens with one attached hydrogen (secondary N) is 2. The number of halogens is 5. The molecule has 0 heterocycles. The van der Waals surface area contributed by atoms with Crippen LogP contribution >= 0.6 is 11.6 Å². The number of hydrogen-bond donors (Lipinski definition) is 2. The second-order valence-corrected chi connectivity index (χ2v) is 7.18. The zero-order valence-corrected chi connectivity index (χ0v) is 17.0. The topological polar surface area (TPSA) is 61.4 Å². The zero-order chi connectivity index (χ0) is 22.5. The molecule has 162 valence electrons. The summed E-state index contributed by atoms with van der Waals surface area (Å²) < 4.78 is 52.2. The second kappa shape index (κ2) is 9.90. The Kier molecular flexibility index (Phi) is 7.80. The summed E-state index contributed by atoms with van der Waals surface area (Å²) in [4.78, 5) is 25.4. The first kappa shape index (κ1) is 23.6. The van der Waals surface area contributed by atoms with Crippen LogP contribution < -0.4 is 10.6 Å². The summed E-state index contributed by atoms with van der Waals surface area (Å²) in [6.07, 6.45) is -4.65. The first-order chi connectivity index (χ1) is 14.0. The van der Waals surface area contributed by atoms with Gasteiger partial charge >= 0.3 is 6.18 Å². The van der Waals surface area contributed by atoms with Crippen LogP contribution in [0.2, 0.25) is 5.02 Å². The first-order valence-electron chi connectivity index (χ1n) is 8.82. The average Bonchev–Trinajstić information content (AvgIpc) is 2.63. The van der Waals surface area contributed by atoms with Crippen LogP contribution in [0.4, 0.5) is 23.2 Å². The maximum absolute atomic E-state index is 13.5. The van der Waals surface area contributed by atoms with Gasteiger partial charge in [-0.15, -0.1) is 0 Å². The number of alkyl halides is 3. The summed E-state index contributed by atoms with van der Waals surface area (Å²) in [5.41, 5.74) is -0.0212. The third kappa shape index (κ3) is 7.00. The number of nitrogens with zero attached hydrogens (tertiary/aromatic N) is 1. The summed E-state index contributed by atoms with van der Waals surface area (Å²) in [6.45, 7) is 1.40. The van der Waals surface area contributed by atoms with E-state index in [0.717, 1.165) is 12.1 Å². The Hall–Kier alpha value is -2.65. The second-order valence-electron chi connectivity index (χ2n) is 6.77. The van der Waals surface area contributed by atoms with Crippen molar-refractivity contribution in [2.24, 2.45) is 0 Å². The SMILES string of the molecule is Cc1ccc(CNC(=O)CN(C)CC(=O)Nc2ccc(Cl)c(C(F)(F)F)c2)cc1F. The quantitative estimate of drug-likeness (QED) is 0.633. The molecule has 0 radical (unpaired) electrons. The molecule has 0 bridgehead atoms. The van der Waals surface area contributed by atoms with Crippen LogP contribution in [-0.4, -0.2) is 36.9 Å². The Morgan fingerprint density at radius 1 is 1.07 bits per heavy atom. The normalized spacial score (nSPS) is 11.5. The zero-order valence-electron chi connectivity index (χ0n) is 16.2. The van der Waals surface area contributed by atoms with Gasteiger partial charge in [-0.05, 0) is 49.4 Å². The fourth-order valence-corrected chi connectivity index (χ4v) is 2.79. The molecule has 0 unspecified atom stereocenters. The van der Waals surface area contributed by atoms with Gasteiger partial charge in [0.25, 0.3) is 0 Å². The summed E-state index contributed by atoms with van der Waals surface area (Å²) >= 11 is 5.54. The van der Waals surface area contributed by atoms with Crippen molar-refractivity contribution in [2.45, 2.75) is 19.6 Å². The summed E-state index contributed by atoms with van der Waals surface area (Å²) in [5, 5.41) is 4.48. The molecule has 0 saturated carbocycles. The van der Waals surface area contributed by atoms with E-state index in [2.05, 4.69) is 10.6 Å². The van der Waals surface area contributed by atoms with Crippen molar-refractivity contribution < 1.29 is 27.2 Å². The number of amides is 2. The smallest absolute Gasteiger partial charge is 0.351 e. The number of aryl methyl sites for hydroxylation is 1. The van der Waals surface area contributed by atoms with Crippen LogP contribution in [-0.2, 0) is 22.3 Å². The monoisotopic (exact) mass is 445 g/mol. The summed E-state index contributed by atoms with van der Waals surface area (Å²) in [7, 11) is 1.51. The molecule has 2 aromatic carbocycles. The van der Waals surface area contributed by atoms with Gasteiger partial charge in [-0.1, -0.05) is 23.7 Å². The molecule has 2 rings (SSSR count). The van der Waals surface area contributed by atoms with E-state index in [0.29, 0.717) is 11.1 Å².